The summed E-state index contributed by atoms with van der Waals surface area (Å²) in [5.41, 5.74) is 3.32. The zero-order valence-electron chi connectivity index (χ0n) is 13.5. The molecular formula is C17H16N6O2. The third kappa shape index (κ3) is 3.18. The Kier molecular flexibility index (Phi) is 3.64. The summed E-state index contributed by atoms with van der Waals surface area (Å²) in [5, 5.41) is 16.0. The summed E-state index contributed by atoms with van der Waals surface area (Å²) in [4.78, 5) is 28.8. The van der Waals surface area contributed by atoms with Gasteiger partial charge in [0.25, 0.3) is 11.8 Å². The number of anilines is 1. The van der Waals surface area contributed by atoms with Crippen molar-refractivity contribution in [2.45, 2.75) is 25.8 Å². The second-order valence-corrected chi connectivity index (χ2v) is 6.12. The Hall–Kier alpha value is -3.29. The van der Waals surface area contributed by atoms with E-state index in [0.717, 1.165) is 18.4 Å². The third-order valence-corrected chi connectivity index (χ3v) is 4.10. The molecule has 25 heavy (non-hydrogen) atoms. The molecule has 4 rings (SSSR count). The Balaban J connectivity index is 1.56. The Morgan fingerprint density at radius 2 is 1.96 bits per heavy atom. The molecule has 0 unspecified atom stereocenters. The average molecular weight is 336 g/mol. The van der Waals surface area contributed by atoms with Crippen LogP contribution in [0, 0.1) is 6.92 Å². The van der Waals surface area contributed by atoms with Gasteiger partial charge < -0.3 is 10.6 Å². The highest BCUT2D eigenvalue weighted by Crippen LogP contribution is 2.22. The summed E-state index contributed by atoms with van der Waals surface area (Å²) in [6.45, 7) is 1.87. The zero-order valence-corrected chi connectivity index (χ0v) is 13.5. The van der Waals surface area contributed by atoms with E-state index in [1.807, 2.05) is 13.0 Å². The zero-order chi connectivity index (χ0) is 17.4. The summed E-state index contributed by atoms with van der Waals surface area (Å²) in [6.07, 6.45) is 3.50. The maximum atomic E-state index is 12.5. The number of pyridine rings is 1. The minimum absolute atomic E-state index is 0.122. The van der Waals surface area contributed by atoms with E-state index in [1.165, 1.54) is 6.20 Å². The maximum Gasteiger partial charge on any atom is 0.257 e. The minimum Gasteiger partial charge on any atom is -0.349 e. The van der Waals surface area contributed by atoms with Crippen LogP contribution < -0.4 is 10.6 Å². The van der Waals surface area contributed by atoms with Gasteiger partial charge in [0, 0.05) is 23.5 Å². The number of hydrogen-bond donors (Lipinski definition) is 3. The first-order chi connectivity index (χ1) is 12.1. The molecule has 0 aliphatic heterocycles. The molecule has 1 aromatic carbocycles. The van der Waals surface area contributed by atoms with Crippen LogP contribution in [0.1, 0.15) is 39.1 Å². The van der Waals surface area contributed by atoms with Gasteiger partial charge in [-0.15, -0.1) is 5.10 Å². The fraction of sp³-hybridized carbons (Fsp3) is 0.235. The molecule has 1 aliphatic rings. The number of nitrogens with zero attached hydrogens (tertiary/aromatic N) is 3. The number of aryl methyl sites for hydroxylation is 1. The van der Waals surface area contributed by atoms with Crippen LogP contribution in [0.15, 0.2) is 30.5 Å². The molecule has 8 heteroatoms. The number of H-pyrrole nitrogens is 1. The van der Waals surface area contributed by atoms with Crippen molar-refractivity contribution in [1.29, 1.82) is 0 Å². The molecule has 0 radical (unpaired) electrons. The van der Waals surface area contributed by atoms with E-state index < -0.39 is 0 Å². The maximum absolute atomic E-state index is 12.5. The third-order valence-electron chi connectivity index (χ3n) is 4.10. The lowest BCUT2D eigenvalue weighted by Gasteiger charge is -2.11. The lowest BCUT2D eigenvalue weighted by atomic mass is 10.1. The van der Waals surface area contributed by atoms with E-state index in [-0.39, 0.29) is 17.9 Å². The first kappa shape index (κ1) is 15.3. The Morgan fingerprint density at radius 1 is 1.12 bits per heavy atom. The van der Waals surface area contributed by atoms with E-state index >= 15 is 0 Å². The number of rotatable bonds is 4. The van der Waals surface area contributed by atoms with Gasteiger partial charge in [-0.25, -0.2) is 4.98 Å². The quantitative estimate of drug-likeness (QED) is 0.672. The number of hydrogen-bond acceptors (Lipinski definition) is 5. The number of aromatic nitrogens is 4. The second kappa shape index (κ2) is 5.97. The molecule has 1 fully saturated rings. The molecule has 3 aromatic rings. The van der Waals surface area contributed by atoms with Crippen LogP contribution >= 0.6 is 0 Å². The number of nitrogens with one attached hydrogen (secondary N) is 3. The molecule has 126 valence electrons. The molecule has 3 N–H and O–H groups in total. The van der Waals surface area contributed by atoms with Crippen molar-refractivity contribution in [1.82, 2.24) is 25.7 Å². The molecule has 0 atom stereocenters. The summed E-state index contributed by atoms with van der Waals surface area (Å²) >= 11 is 0. The molecule has 2 heterocycles. The summed E-state index contributed by atoms with van der Waals surface area (Å²) < 4.78 is 0. The largest absolute Gasteiger partial charge is 0.349 e. The van der Waals surface area contributed by atoms with Gasteiger partial charge in [-0.2, -0.15) is 10.3 Å². The van der Waals surface area contributed by atoms with Crippen molar-refractivity contribution < 1.29 is 9.59 Å². The van der Waals surface area contributed by atoms with Crippen LogP contribution in [-0.4, -0.2) is 38.3 Å². The van der Waals surface area contributed by atoms with Crippen LogP contribution in [-0.2, 0) is 0 Å². The van der Waals surface area contributed by atoms with Gasteiger partial charge in [0.2, 0.25) is 5.65 Å². The minimum atomic E-state index is -0.319. The summed E-state index contributed by atoms with van der Waals surface area (Å²) in [7, 11) is 0. The molecule has 2 aromatic heterocycles. The van der Waals surface area contributed by atoms with Gasteiger partial charge in [-0.1, -0.05) is 6.07 Å². The average Bonchev–Trinajstić information content (AvgIpc) is 3.29. The van der Waals surface area contributed by atoms with Gasteiger partial charge in [-0.3, -0.25) is 9.59 Å². The Labute approximate surface area is 143 Å². The fourth-order valence-electron chi connectivity index (χ4n) is 2.45. The monoisotopic (exact) mass is 336 g/mol. The highest BCUT2D eigenvalue weighted by atomic mass is 16.2. The van der Waals surface area contributed by atoms with Crippen molar-refractivity contribution >= 4 is 28.7 Å². The van der Waals surface area contributed by atoms with Crippen molar-refractivity contribution in [2.24, 2.45) is 0 Å². The van der Waals surface area contributed by atoms with E-state index in [2.05, 4.69) is 31.0 Å². The van der Waals surface area contributed by atoms with Gasteiger partial charge in [0.05, 0.1) is 5.56 Å². The topological polar surface area (TPSA) is 113 Å². The lowest BCUT2D eigenvalue weighted by molar-refractivity contribution is 0.0949. The predicted octanol–water partition coefficient (Wildman–Crippen LogP) is 1.81. The number of fused-ring (bicyclic) bond motifs is 1. The predicted molar refractivity (Wildman–Crippen MR) is 91.3 cm³/mol. The lowest BCUT2D eigenvalue weighted by Crippen LogP contribution is -2.25. The van der Waals surface area contributed by atoms with E-state index in [0.29, 0.717) is 28.0 Å². The van der Waals surface area contributed by atoms with E-state index in [9.17, 15) is 9.59 Å². The first-order valence-corrected chi connectivity index (χ1v) is 7.99. The van der Waals surface area contributed by atoms with Crippen molar-refractivity contribution in [3.63, 3.8) is 0 Å². The van der Waals surface area contributed by atoms with Gasteiger partial charge in [0.1, 0.15) is 5.52 Å². The summed E-state index contributed by atoms with van der Waals surface area (Å²) in [6, 6.07) is 7.15. The van der Waals surface area contributed by atoms with Crippen LogP contribution in [0.25, 0.3) is 11.2 Å². The molecule has 2 amide bonds. The first-order valence-electron chi connectivity index (χ1n) is 7.99. The molecule has 0 saturated heterocycles. The number of amides is 2. The smallest absolute Gasteiger partial charge is 0.257 e. The van der Waals surface area contributed by atoms with Crippen molar-refractivity contribution in [3.05, 3.63) is 47.2 Å². The van der Waals surface area contributed by atoms with Gasteiger partial charge in [0.15, 0.2) is 0 Å². The molecular weight excluding hydrogens is 320 g/mol. The van der Waals surface area contributed by atoms with Crippen molar-refractivity contribution in [3.8, 4) is 0 Å². The number of aromatic amines is 1. The SMILES string of the molecule is Cc1ccc(C(=O)NC2CC2)cc1NC(=O)c1cnc2n[nH]nc2c1. The summed E-state index contributed by atoms with van der Waals surface area (Å²) in [5.74, 6) is -0.441. The van der Waals surface area contributed by atoms with Crippen molar-refractivity contribution in [2.75, 3.05) is 5.32 Å². The van der Waals surface area contributed by atoms with E-state index in [4.69, 9.17) is 0 Å². The highest BCUT2D eigenvalue weighted by Gasteiger charge is 2.24. The molecule has 1 aliphatic carbocycles. The number of carbonyl (C=O) groups excluding carboxylic acids is 2. The van der Waals surface area contributed by atoms with Crippen LogP contribution in [0.2, 0.25) is 0 Å². The van der Waals surface area contributed by atoms with E-state index in [1.54, 1.807) is 18.2 Å². The van der Waals surface area contributed by atoms with Crippen LogP contribution in [0.3, 0.4) is 0 Å². The number of benzene rings is 1. The Morgan fingerprint density at radius 3 is 2.76 bits per heavy atom. The molecule has 8 nitrogen and oxygen atoms in total. The second-order valence-electron chi connectivity index (χ2n) is 6.12. The van der Waals surface area contributed by atoms with Gasteiger partial charge >= 0.3 is 0 Å². The number of carbonyl (C=O) groups is 2. The molecule has 1 saturated carbocycles. The van der Waals surface area contributed by atoms with Gasteiger partial charge in [-0.05, 0) is 43.5 Å². The Bertz CT molecular complexity index is 976. The normalized spacial score (nSPS) is 13.6. The fourth-order valence-corrected chi connectivity index (χ4v) is 2.45. The molecule has 0 bridgehead atoms. The molecule has 0 spiro atoms. The highest BCUT2D eigenvalue weighted by molar-refractivity contribution is 6.06. The van der Waals surface area contributed by atoms with Crippen LogP contribution in [0.5, 0.6) is 0 Å². The standard InChI is InChI=1S/C17H16N6O2/c1-9-2-3-10(16(24)19-12-4-5-12)6-13(9)20-17(25)11-7-14-15(18-8-11)22-23-21-14/h2-3,6-8,12H,4-5H2,1H3,(H,19,24)(H,20,25)(H,18,21,22,23). The van der Waals surface area contributed by atoms with Crippen LogP contribution in [0.4, 0.5) is 5.69 Å².